The molecule has 1 aromatic carbocycles. The number of para-hydroxylation sites is 1. The zero-order chi connectivity index (χ0) is 15.4. The summed E-state index contributed by atoms with van der Waals surface area (Å²) >= 11 is 5.82. The first kappa shape index (κ1) is 18.0. The van der Waals surface area contributed by atoms with Gasteiger partial charge in [-0.25, -0.2) is 4.98 Å². The number of fused-ring (bicyclic) bond motifs is 3. The zero-order valence-corrected chi connectivity index (χ0v) is 14.7. The molecule has 0 saturated heterocycles. The molecule has 0 aliphatic rings. The summed E-state index contributed by atoms with van der Waals surface area (Å²) in [7, 11) is 1.72. The van der Waals surface area contributed by atoms with E-state index < -0.39 is 0 Å². The second-order valence-electron chi connectivity index (χ2n) is 5.33. The number of halogens is 2. The molecule has 3 aromatic rings. The average Bonchev–Trinajstić information content (AvgIpc) is 2.91. The van der Waals surface area contributed by atoms with Crippen LogP contribution in [0, 0.1) is 0 Å². The van der Waals surface area contributed by atoms with Crippen LogP contribution in [-0.4, -0.2) is 34.1 Å². The minimum Gasteiger partial charge on any atom is -0.384 e. The molecule has 0 bridgehead atoms. The minimum absolute atomic E-state index is 0. The molecule has 124 valence electrons. The zero-order valence-electron chi connectivity index (χ0n) is 13.2. The van der Waals surface area contributed by atoms with Gasteiger partial charge >= 0.3 is 0 Å². The van der Waals surface area contributed by atoms with Crippen molar-refractivity contribution in [2.75, 3.05) is 19.6 Å². The predicted molar refractivity (Wildman–Crippen MR) is 97.8 cm³/mol. The molecule has 0 amide bonds. The van der Waals surface area contributed by atoms with Gasteiger partial charge in [-0.2, -0.15) is 0 Å². The number of imidazole rings is 1. The molecule has 0 aliphatic carbocycles. The lowest BCUT2D eigenvalue weighted by molar-refractivity contribution is 0.199. The summed E-state index contributed by atoms with van der Waals surface area (Å²) in [5, 5.41) is 1.15. The van der Waals surface area contributed by atoms with Gasteiger partial charge in [0.05, 0.1) is 23.8 Å². The second-order valence-corrected chi connectivity index (χ2v) is 5.71. The number of benzene rings is 1. The summed E-state index contributed by atoms with van der Waals surface area (Å²) < 4.78 is 7.53. The number of hydrogen-bond donors (Lipinski definition) is 0. The fourth-order valence-electron chi connectivity index (χ4n) is 2.80. The van der Waals surface area contributed by atoms with Crippen LogP contribution < -0.4 is 0 Å². The standard InChI is InChI=1S/C17H20ClN3O.ClH/c1-22-11-8-16-20-15-12-19-14-7-3-2-6-13(14)17(15)21(16)10-5-4-9-18;/h2-3,6-7,12H,4-5,8-11H2,1H3;1H. The van der Waals surface area contributed by atoms with Crippen LogP contribution in [0.4, 0.5) is 0 Å². The van der Waals surface area contributed by atoms with Gasteiger partial charge in [0.15, 0.2) is 0 Å². The molecule has 0 N–H and O–H groups in total. The molecule has 6 heteroatoms. The van der Waals surface area contributed by atoms with Gasteiger partial charge in [-0.15, -0.1) is 24.0 Å². The molecule has 2 aromatic heterocycles. The normalized spacial score (nSPS) is 11.0. The maximum Gasteiger partial charge on any atom is 0.112 e. The summed E-state index contributed by atoms with van der Waals surface area (Å²) in [6.07, 6.45) is 4.73. The van der Waals surface area contributed by atoms with Gasteiger partial charge < -0.3 is 9.30 Å². The minimum atomic E-state index is 0. The largest absolute Gasteiger partial charge is 0.384 e. The lowest BCUT2D eigenvalue weighted by atomic mass is 10.2. The van der Waals surface area contributed by atoms with Crippen LogP contribution in [0.15, 0.2) is 30.5 Å². The van der Waals surface area contributed by atoms with Crippen molar-refractivity contribution < 1.29 is 4.74 Å². The van der Waals surface area contributed by atoms with Crippen molar-refractivity contribution in [1.82, 2.24) is 14.5 Å². The Hall–Kier alpha value is -1.36. The van der Waals surface area contributed by atoms with E-state index in [9.17, 15) is 0 Å². The third-order valence-electron chi connectivity index (χ3n) is 3.85. The summed E-state index contributed by atoms with van der Waals surface area (Å²) in [6, 6.07) is 8.22. The number of pyridine rings is 1. The van der Waals surface area contributed by atoms with Crippen molar-refractivity contribution >= 4 is 45.9 Å². The summed E-state index contributed by atoms with van der Waals surface area (Å²) in [6.45, 7) is 1.60. The molecule has 4 nitrogen and oxygen atoms in total. The number of hydrogen-bond acceptors (Lipinski definition) is 3. The lowest BCUT2D eigenvalue weighted by Gasteiger charge is -2.10. The van der Waals surface area contributed by atoms with E-state index in [-0.39, 0.29) is 12.4 Å². The van der Waals surface area contributed by atoms with Crippen molar-refractivity contribution in [3.63, 3.8) is 0 Å². The molecular formula is C17H21Cl2N3O. The third kappa shape index (κ3) is 3.77. The van der Waals surface area contributed by atoms with Crippen molar-refractivity contribution in [1.29, 1.82) is 0 Å². The Morgan fingerprint density at radius 3 is 2.78 bits per heavy atom. The highest BCUT2D eigenvalue weighted by molar-refractivity contribution is 6.17. The number of nitrogens with zero attached hydrogens (tertiary/aromatic N) is 3. The van der Waals surface area contributed by atoms with Gasteiger partial charge in [0.2, 0.25) is 0 Å². The first-order valence-corrected chi connectivity index (χ1v) is 8.16. The monoisotopic (exact) mass is 353 g/mol. The highest BCUT2D eigenvalue weighted by Gasteiger charge is 2.13. The lowest BCUT2D eigenvalue weighted by Crippen LogP contribution is -2.07. The topological polar surface area (TPSA) is 39.9 Å². The molecule has 3 rings (SSSR count). The van der Waals surface area contributed by atoms with Crippen LogP contribution >= 0.6 is 24.0 Å². The van der Waals surface area contributed by atoms with Crippen LogP contribution in [0.5, 0.6) is 0 Å². The van der Waals surface area contributed by atoms with Gasteiger partial charge in [0.25, 0.3) is 0 Å². The summed E-state index contributed by atoms with van der Waals surface area (Å²) in [5.41, 5.74) is 3.13. The van der Waals surface area contributed by atoms with Gasteiger partial charge in [0.1, 0.15) is 11.3 Å². The molecular weight excluding hydrogens is 333 g/mol. The fraction of sp³-hybridized carbons (Fsp3) is 0.412. The highest BCUT2D eigenvalue weighted by Crippen LogP contribution is 2.25. The van der Waals surface area contributed by atoms with Crippen molar-refractivity contribution in [3.05, 3.63) is 36.3 Å². The molecule has 0 saturated carbocycles. The molecule has 23 heavy (non-hydrogen) atoms. The number of methoxy groups -OCH3 is 1. The number of unbranched alkanes of at least 4 members (excludes halogenated alkanes) is 1. The van der Waals surface area contributed by atoms with E-state index in [1.165, 1.54) is 5.52 Å². The SMILES string of the molecule is COCCc1nc2cnc3ccccc3c2n1CCCCCl.Cl. The Morgan fingerprint density at radius 1 is 1.17 bits per heavy atom. The number of aromatic nitrogens is 3. The molecule has 0 atom stereocenters. The van der Waals surface area contributed by atoms with Crippen LogP contribution in [0.2, 0.25) is 0 Å². The number of aryl methyl sites for hydroxylation is 1. The first-order valence-electron chi connectivity index (χ1n) is 7.63. The Morgan fingerprint density at radius 2 is 2.00 bits per heavy atom. The van der Waals surface area contributed by atoms with Gasteiger partial charge in [-0.1, -0.05) is 18.2 Å². The second kappa shape index (κ2) is 8.48. The molecule has 0 spiro atoms. The van der Waals surface area contributed by atoms with E-state index in [0.29, 0.717) is 12.5 Å². The quantitative estimate of drug-likeness (QED) is 0.471. The molecule has 0 fully saturated rings. The number of alkyl halides is 1. The Kier molecular flexibility index (Phi) is 6.63. The number of ether oxygens (including phenoxy) is 1. The van der Waals surface area contributed by atoms with E-state index in [0.717, 1.165) is 48.1 Å². The summed E-state index contributed by atoms with van der Waals surface area (Å²) in [4.78, 5) is 9.28. The third-order valence-corrected chi connectivity index (χ3v) is 4.12. The number of rotatable bonds is 7. The van der Waals surface area contributed by atoms with E-state index in [1.807, 2.05) is 24.4 Å². The Labute approximate surface area is 147 Å². The molecule has 0 aliphatic heterocycles. The van der Waals surface area contributed by atoms with Crippen molar-refractivity contribution in [2.24, 2.45) is 0 Å². The Balaban J connectivity index is 0.00000192. The summed E-state index contributed by atoms with van der Waals surface area (Å²) in [5.74, 6) is 1.76. The van der Waals surface area contributed by atoms with Crippen molar-refractivity contribution in [2.45, 2.75) is 25.8 Å². The maximum atomic E-state index is 5.82. The predicted octanol–water partition coefficient (Wildman–Crippen LogP) is 4.21. The molecule has 0 unspecified atom stereocenters. The smallest absolute Gasteiger partial charge is 0.112 e. The van der Waals surface area contributed by atoms with E-state index in [2.05, 4.69) is 15.6 Å². The van der Waals surface area contributed by atoms with Crippen LogP contribution in [0.25, 0.3) is 21.9 Å². The van der Waals surface area contributed by atoms with Crippen LogP contribution in [-0.2, 0) is 17.7 Å². The molecule has 0 radical (unpaired) electrons. The Bertz CT molecular complexity index is 773. The van der Waals surface area contributed by atoms with E-state index in [4.69, 9.17) is 21.3 Å². The van der Waals surface area contributed by atoms with Crippen molar-refractivity contribution in [3.8, 4) is 0 Å². The van der Waals surface area contributed by atoms with Gasteiger partial charge in [0, 0.05) is 31.3 Å². The molecule has 2 heterocycles. The van der Waals surface area contributed by atoms with Crippen LogP contribution in [0.3, 0.4) is 0 Å². The first-order chi connectivity index (χ1) is 10.8. The van der Waals surface area contributed by atoms with E-state index >= 15 is 0 Å². The van der Waals surface area contributed by atoms with Gasteiger partial charge in [-0.05, 0) is 18.9 Å². The average molecular weight is 354 g/mol. The maximum absolute atomic E-state index is 5.82. The fourth-order valence-corrected chi connectivity index (χ4v) is 2.99. The van der Waals surface area contributed by atoms with Crippen LogP contribution in [0.1, 0.15) is 18.7 Å². The van der Waals surface area contributed by atoms with E-state index in [1.54, 1.807) is 7.11 Å². The van der Waals surface area contributed by atoms with Gasteiger partial charge in [-0.3, -0.25) is 4.98 Å². The highest BCUT2D eigenvalue weighted by atomic mass is 35.5.